The minimum absolute atomic E-state index is 0.0630. The zero-order valence-corrected chi connectivity index (χ0v) is 15.4. The lowest BCUT2D eigenvalue weighted by atomic mass is 9.77. The zero-order chi connectivity index (χ0) is 16.5. The van der Waals surface area contributed by atoms with E-state index < -0.39 is 0 Å². The van der Waals surface area contributed by atoms with Gasteiger partial charge in [0.15, 0.2) is 0 Å². The van der Waals surface area contributed by atoms with E-state index in [-0.39, 0.29) is 16.9 Å². The molecule has 1 heteroatoms. The normalized spacial score (nSPS) is 23.0. The molecule has 2 atom stereocenters. The molecule has 0 spiro atoms. The van der Waals surface area contributed by atoms with Gasteiger partial charge in [0.05, 0.1) is 6.10 Å². The first-order valence-electron chi connectivity index (χ1n) is 8.91. The molecular weight excluding hydrogens is 268 g/mol. The number of rotatable bonds is 3. The SMILES string of the molecule is CC(C)(C)c1ccc(CCC2CCCC2O)c(C(C)(C)C)c1. The van der Waals surface area contributed by atoms with Gasteiger partial charge in [0.1, 0.15) is 0 Å². The van der Waals surface area contributed by atoms with Gasteiger partial charge in [-0.15, -0.1) is 0 Å². The van der Waals surface area contributed by atoms with Crippen LogP contribution in [0.4, 0.5) is 0 Å². The van der Waals surface area contributed by atoms with Gasteiger partial charge in [-0.25, -0.2) is 0 Å². The van der Waals surface area contributed by atoms with Crippen LogP contribution >= 0.6 is 0 Å². The summed E-state index contributed by atoms with van der Waals surface area (Å²) in [5.74, 6) is 0.509. The largest absolute Gasteiger partial charge is 0.393 e. The monoisotopic (exact) mass is 302 g/mol. The fraction of sp³-hybridized carbons (Fsp3) is 0.714. The number of aliphatic hydroxyl groups is 1. The minimum atomic E-state index is -0.0630. The second-order valence-corrected chi connectivity index (χ2v) is 9.17. The summed E-state index contributed by atoms with van der Waals surface area (Å²) in [6.07, 6.45) is 5.55. The van der Waals surface area contributed by atoms with E-state index in [4.69, 9.17) is 0 Å². The third-order valence-electron chi connectivity index (χ3n) is 5.19. The Kier molecular flexibility index (Phi) is 5.06. The molecule has 0 amide bonds. The van der Waals surface area contributed by atoms with Crippen molar-refractivity contribution in [3.8, 4) is 0 Å². The van der Waals surface area contributed by atoms with Crippen LogP contribution in [0.25, 0.3) is 0 Å². The van der Waals surface area contributed by atoms with Crippen molar-refractivity contribution in [2.24, 2.45) is 5.92 Å². The first kappa shape index (κ1) is 17.5. The zero-order valence-electron chi connectivity index (χ0n) is 15.4. The molecule has 1 fully saturated rings. The topological polar surface area (TPSA) is 20.2 Å². The third kappa shape index (κ3) is 4.13. The molecule has 1 aromatic carbocycles. The molecule has 22 heavy (non-hydrogen) atoms. The lowest BCUT2D eigenvalue weighted by Gasteiger charge is -2.28. The van der Waals surface area contributed by atoms with E-state index in [0.29, 0.717) is 5.92 Å². The predicted molar refractivity (Wildman–Crippen MR) is 95.5 cm³/mol. The second-order valence-electron chi connectivity index (χ2n) is 9.17. The molecule has 1 aliphatic rings. The Morgan fingerprint density at radius 1 is 1.00 bits per heavy atom. The third-order valence-corrected chi connectivity index (χ3v) is 5.19. The van der Waals surface area contributed by atoms with Crippen LogP contribution in [0, 0.1) is 5.92 Å². The fourth-order valence-electron chi connectivity index (χ4n) is 3.65. The van der Waals surface area contributed by atoms with Gasteiger partial charge in [-0.3, -0.25) is 0 Å². The second kappa shape index (κ2) is 6.35. The molecule has 1 N–H and O–H groups in total. The van der Waals surface area contributed by atoms with Crippen molar-refractivity contribution in [2.45, 2.75) is 90.6 Å². The van der Waals surface area contributed by atoms with Gasteiger partial charge < -0.3 is 5.11 Å². The average Bonchev–Trinajstić information content (AvgIpc) is 2.79. The minimum Gasteiger partial charge on any atom is -0.393 e. The Morgan fingerprint density at radius 2 is 1.68 bits per heavy atom. The van der Waals surface area contributed by atoms with Crippen molar-refractivity contribution >= 4 is 0 Å². The Labute approximate surface area is 137 Å². The summed E-state index contributed by atoms with van der Waals surface area (Å²) in [6.45, 7) is 13.8. The first-order chi connectivity index (χ1) is 10.1. The molecule has 0 heterocycles. The van der Waals surface area contributed by atoms with Crippen LogP contribution in [0.5, 0.6) is 0 Å². The van der Waals surface area contributed by atoms with Crippen LogP contribution < -0.4 is 0 Å². The highest BCUT2D eigenvalue weighted by atomic mass is 16.3. The molecule has 124 valence electrons. The molecule has 1 saturated carbocycles. The van der Waals surface area contributed by atoms with Crippen LogP contribution in [-0.4, -0.2) is 11.2 Å². The number of hydrogen-bond acceptors (Lipinski definition) is 1. The molecule has 0 aliphatic heterocycles. The summed E-state index contributed by atoms with van der Waals surface area (Å²) >= 11 is 0. The quantitative estimate of drug-likeness (QED) is 0.795. The van der Waals surface area contributed by atoms with E-state index in [9.17, 15) is 5.11 Å². The van der Waals surface area contributed by atoms with Crippen LogP contribution in [0.1, 0.15) is 83.9 Å². The summed E-state index contributed by atoms with van der Waals surface area (Å²) in [7, 11) is 0. The Balaban J connectivity index is 2.23. The van der Waals surface area contributed by atoms with E-state index in [0.717, 1.165) is 19.3 Å². The van der Waals surface area contributed by atoms with Crippen LogP contribution in [-0.2, 0) is 17.3 Å². The summed E-state index contributed by atoms with van der Waals surface area (Å²) in [5, 5.41) is 10.0. The maximum atomic E-state index is 10.0. The molecule has 0 bridgehead atoms. The number of hydrogen-bond donors (Lipinski definition) is 1. The molecule has 1 nitrogen and oxygen atoms in total. The van der Waals surface area contributed by atoms with Gasteiger partial charge in [-0.2, -0.15) is 0 Å². The van der Waals surface area contributed by atoms with Gasteiger partial charge >= 0.3 is 0 Å². The maximum absolute atomic E-state index is 10.0. The van der Waals surface area contributed by atoms with Gasteiger partial charge in [0.2, 0.25) is 0 Å². The van der Waals surface area contributed by atoms with Crippen LogP contribution in [0.2, 0.25) is 0 Å². The highest BCUT2D eigenvalue weighted by Crippen LogP contribution is 2.34. The smallest absolute Gasteiger partial charge is 0.0568 e. The highest BCUT2D eigenvalue weighted by molar-refractivity contribution is 5.39. The number of aryl methyl sites for hydroxylation is 1. The molecule has 1 aliphatic carbocycles. The van der Waals surface area contributed by atoms with E-state index in [1.165, 1.54) is 29.5 Å². The number of aliphatic hydroxyl groups excluding tert-OH is 1. The molecular formula is C21H34O. The predicted octanol–water partition coefficient (Wildman–Crippen LogP) is 5.38. The molecule has 0 radical (unpaired) electrons. The highest BCUT2D eigenvalue weighted by Gasteiger charge is 2.26. The van der Waals surface area contributed by atoms with Gasteiger partial charge in [0, 0.05) is 0 Å². The van der Waals surface area contributed by atoms with Crippen LogP contribution in [0.3, 0.4) is 0 Å². The molecule has 2 rings (SSSR count). The van der Waals surface area contributed by atoms with E-state index >= 15 is 0 Å². The van der Waals surface area contributed by atoms with Crippen molar-refractivity contribution in [1.29, 1.82) is 0 Å². The lowest BCUT2D eigenvalue weighted by molar-refractivity contribution is 0.128. The lowest BCUT2D eigenvalue weighted by Crippen LogP contribution is -2.19. The molecule has 1 aromatic rings. The summed E-state index contributed by atoms with van der Waals surface area (Å²) < 4.78 is 0. The fourth-order valence-corrected chi connectivity index (χ4v) is 3.65. The maximum Gasteiger partial charge on any atom is 0.0568 e. The first-order valence-corrected chi connectivity index (χ1v) is 8.91. The van der Waals surface area contributed by atoms with Gasteiger partial charge in [-0.1, -0.05) is 66.2 Å². The van der Waals surface area contributed by atoms with Crippen molar-refractivity contribution in [3.63, 3.8) is 0 Å². The van der Waals surface area contributed by atoms with Crippen molar-refractivity contribution < 1.29 is 5.11 Å². The van der Waals surface area contributed by atoms with Crippen LogP contribution in [0.15, 0.2) is 18.2 Å². The van der Waals surface area contributed by atoms with Crippen molar-refractivity contribution in [1.82, 2.24) is 0 Å². The molecule has 0 saturated heterocycles. The van der Waals surface area contributed by atoms with Gasteiger partial charge in [-0.05, 0) is 59.1 Å². The summed E-state index contributed by atoms with van der Waals surface area (Å²) in [5.41, 5.74) is 4.74. The summed E-state index contributed by atoms with van der Waals surface area (Å²) in [6, 6.07) is 7.05. The van der Waals surface area contributed by atoms with Gasteiger partial charge in [0.25, 0.3) is 0 Å². The van der Waals surface area contributed by atoms with Crippen molar-refractivity contribution in [2.75, 3.05) is 0 Å². The molecule has 0 aromatic heterocycles. The molecule has 2 unspecified atom stereocenters. The average molecular weight is 303 g/mol. The Bertz CT molecular complexity index is 502. The Hall–Kier alpha value is -0.820. The van der Waals surface area contributed by atoms with Crippen molar-refractivity contribution in [3.05, 3.63) is 34.9 Å². The summed E-state index contributed by atoms with van der Waals surface area (Å²) in [4.78, 5) is 0. The van der Waals surface area contributed by atoms with E-state index in [2.05, 4.69) is 59.7 Å². The Morgan fingerprint density at radius 3 is 2.18 bits per heavy atom. The number of benzene rings is 1. The van der Waals surface area contributed by atoms with E-state index in [1.807, 2.05) is 0 Å². The van der Waals surface area contributed by atoms with E-state index in [1.54, 1.807) is 0 Å². The standard InChI is InChI=1S/C21H34O/c1-20(2,3)17-13-12-15(18(14-17)21(4,5)6)10-11-16-8-7-9-19(16)22/h12-14,16,19,22H,7-11H2,1-6H3.